The van der Waals surface area contributed by atoms with Crippen molar-refractivity contribution in [2.45, 2.75) is 26.3 Å². The molecule has 0 spiro atoms. The van der Waals surface area contributed by atoms with Gasteiger partial charge in [0.1, 0.15) is 6.54 Å². The highest BCUT2D eigenvalue weighted by Gasteiger charge is 2.34. The van der Waals surface area contributed by atoms with Gasteiger partial charge in [-0.25, -0.2) is 9.80 Å². The molecule has 3 rings (SSSR count). The Kier molecular flexibility index (Phi) is 5.82. The summed E-state index contributed by atoms with van der Waals surface area (Å²) in [5.41, 5.74) is 4.06. The number of nitrogens with one attached hydrogen (secondary N) is 1. The molecule has 7 heteroatoms. The highest BCUT2D eigenvalue weighted by atomic mass is 16.2. The van der Waals surface area contributed by atoms with Crippen LogP contribution in [0.25, 0.3) is 0 Å². The van der Waals surface area contributed by atoms with Crippen molar-refractivity contribution in [3.8, 4) is 0 Å². The van der Waals surface area contributed by atoms with E-state index in [9.17, 15) is 9.59 Å². The molecule has 1 atom stereocenters. The van der Waals surface area contributed by atoms with Crippen molar-refractivity contribution in [1.82, 2.24) is 19.8 Å². The SMILES string of the molecule is CCNC(=O)N(C)CC(=O)N1N=C(c2cccn2C)C[C@H]1c1ccc(C)cc1. The third-order valence-electron chi connectivity index (χ3n) is 4.91. The van der Waals surface area contributed by atoms with E-state index in [2.05, 4.69) is 10.4 Å². The summed E-state index contributed by atoms with van der Waals surface area (Å²) in [7, 11) is 3.58. The molecule has 28 heavy (non-hydrogen) atoms. The minimum atomic E-state index is -0.270. The van der Waals surface area contributed by atoms with E-state index in [0.29, 0.717) is 13.0 Å². The molecule has 0 radical (unpaired) electrons. The van der Waals surface area contributed by atoms with Crippen LogP contribution in [-0.2, 0) is 11.8 Å². The fourth-order valence-electron chi connectivity index (χ4n) is 3.34. The number of hydrogen-bond acceptors (Lipinski definition) is 3. The average molecular weight is 381 g/mol. The maximum absolute atomic E-state index is 13.0. The second kappa shape index (κ2) is 8.29. The van der Waals surface area contributed by atoms with Crippen LogP contribution in [0.1, 0.15) is 36.2 Å². The smallest absolute Gasteiger partial charge is 0.317 e. The van der Waals surface area contributed by atoms with Crippen LogP contribution in [0.2, 0.25) is 0 Å². The van der Waals surface area contributed by atoms with E-state index >= 15 is 0 Å². The first-order valence-electron chi connectivity index (χ1n) is 9.47. The number of benzene rings is 1. The van der Waals surface area contributed by atoms with Crippen molar-refractivity contribution in [2.24, 2.45) is 12.1 Å². The van der Waals surface area contributed by atoms with E-state index in [1.165, 1.54) is 15.5 Å². The molecule has 0 unspecified atom stereocenters. The molecule has 0 saturated carbocycles. The van der Waals surface area contributed by atoms with Crippen LogP contribution >= 0.6 is 0 Å². The van der Waals surface area contributed by atoms with Gasteiger partial charge in [0.15, 0.2) is 0 Å². The van der Waals surface area contributed by atoms with Crippen LogP contribution in [0.5, 0.6) is 0 Å². The molecule has 3 amide bonds. The number of carbonyl (C=O) groups is 2. The lowest BCUT2D eigenvalue weighted by atomic mass is 9.99. The number of rotatable bonds is 5. The summed E-state index contributed by atoms with van der Waals surface area (Å²) in [5, 5.41) is 8.89. The normalized spacial score (nSPS) is 16.1. The molecule has 0 fully saturated rings. The fraction of sp³-hybridized carbons (Fsp3) is 0.381. The fourth-order valence-corrected chi connectivity index (χ4v) is 3.34. The van der Waals surface area contributed by atoms with Gasteiger partial charge in [0.2, 0.25) is 0 Å². The number of amides is 3. The van der Waals surface area contributed by atoms with Crippen LogP contribution in [0, 0.1) is 6.92 Å². The summed E-state index contributed by atoms with van der Waals surface area (Å²) in [4.78, 5) is 26.4. The molecule has 0 bridgehead atoms. The number of likely N-dealkylation sites (N-methyl/N-ethyl adjacent to an activating group) is 1. The summed E-state index contributed by atoms with van der Waals surface area (Å²) >= 11 is 0. The van der Waals surface area contributed by atoms with Crippen molar-refractivity contribution < 1.29 is 9.59 Å². The topological polar surface area (TPSA) is 69.9 Å². The minimum absolute atomic E-state index is 0.0297. The second-order valence-electron chi connectivity index (χ2n) is 7.11. The van der Waals surface area contributed by atoms with Gasteiger partial charge in [-0.05, 0) is 31.5 Å². The molecule has 148 valence electrons. The number of aryl methyl sites for hydroxylation is 2. The first-order valence-corrected chi connectivity index (χ1v) is 9.47. The van der Waals surface area contributed by atoms with Gasteiger partial charge in [-0.3, -0.25) is 4.79 Å². The lowest BCUT2D eigenvalue weighted by Gasteiger charge is -2.25. The summed E-state index contributed by atoms with van der Waals surface area (Å²) in [5.74, 6) is -0.205. The number of urea groups is 1. The predicted molar refractivity (Wildman–Crippen MR) is 109 cm³/mol. The Morgan fingerprint density at radius 1 is 1.25 bits per heavy atom. The number of carbonyl (C=O) groups excluding carboxylic acids is 2. The predicted octanol–water partition coefficient (Wildman–Crippen LogP) is 2.67. The molecular weight excluding hydrogens is 354 g/mol. The van der Waals surface area contributed by atoms with Crippen LogP contribution in [0.15, 0.2) is 47.7 Å². The summed E-state index contributed by atoms with van der Waals surface area (Å²) in [6, 6.07) is 11.7. The van der Waals surface area contributed by atoms with Gasteiger partial charge in [0.05, 0.1) is 17.4 Å². The minimum Gasteiger partial charge on any atom is -0.350 e. The lowest BCUT2D eigenvalue weighted by Crippen LogP contribution is -2.43. The highest BCUT2D eigenvalue weighted by molar-refractivity contribution is 6.02. The molecule has 0 aliphatic carbocycles. The second-order valence-corrected chi connectivity index (χ2v) is 7.11. The molecule has 1 N–H and O–H groups in total. The van der Waals surface area contributed by atoms with E-state index in [-0.39, 0.29) is 24.5 Å². The van der Waals surface area contributed by atoms with E-state index in [0.717, 1.165) is 17.0 Å². The molecule has 2 heterocycles. The molecule has 1 aliphatic heterocycles. The van der Waals surface area contributed by atoms with E-state index in [4.69, 9.17) is 0 Å². The third kappa shape index (κ3) is 4.08. The zero-order chi connectivity index (χ0) is 20.3. The van der Waals surface area contributed by atoms with Crippen LogP contribution in [0.3, 0.4) is 0 Å². The number of aromatic nitrogens is 1. The first kappa shape index (κ1) is 19.7. The number of nitrogens with zero attached hydrogens (tertiary/aromatic N) is 4. The Morgan fingerprint density at radius 3 is 2.57 bits per heavy atom. The Hall–Kier alpha value is -3.09. The Labute approximate surface area is 165 Å². The number of hydrazone groups is 1. The first-order chi connectivity index (χ1) is 13.4. The molecular formula is C21H27N5O2. The summed E-state index contributed by atoms with van der Waals surface area (Å²) in [6.45, 7) is 4.37. The largest absolute Gasteiger partial charge is 0.350 e. The Balaban J connectivity index is 1.87. The van der Waals surface area contributed by atoms with Gasteiger partial charge < -0.3 is 14.8 Å². The maximum Gasteiger partial charge on any atom is 0.317 e. The lowest BCUT2D eigenvalue weighted by molar-refractivity contribution is -0.133. The Morgan fingerprint density at radius 2 is 1.96 bits per heavy atom. The summed E-state index contributed by atoms with van der Waals surface area (Å²) in [6.07, 6.45) is 2.60. The monoisotopic (exact) mass is 381 g/mol. The van der Waals surface area contributed by atoms with Crippen molar-refractivity contribution >= 4 is 17.6 Å². The molecule has 1 aliphatic rings. The van der Waals surface area contributed by atoms with Crippen LogP contribution in [0.4, 0.5) is 4.79 Å². The zero-order valence-electron chi connectivity index (χ0n) is 16.8. The molecule has 7 nitrogen and oxygen atoms in total. The maximum atomic E-state index is 13.0. The van der Waals surface area contributed by atoms with Gasteiger partial charge >= 0.3 is 6.03 Å². The zero-order valence-corrected chi connectivity index (χ0v) is 16.8. The van der Waals surface area contributed by atoms with Crippen LogP contribution in [-0.4, -0.2) is 52.3 Å². The molecule has 1 aromatic heterocycles. The van der Waals surface area contributed by atoms with Gasteiger partial charge in [-0.1, -0.05) is 29.8 Å². The average Bonchev–Trinajstić information content (AvgIpc) is 3.28. The summed E-state index contributed by atoms with van der Waals surface area (Å²) < 4.78 is 2.00. The molecule has 2 aromatic rings. The van der Waals surface area contributed by atoms with Crippen molar-refractivity contribution in [3.63, 3.8) is 0 Å². The quantitative estimate of drug-likeness (QED) is 0.865. The van der Waals surface area contributed by atoms with Gasteiger partial charge in [0, 0.05) is 33.3 Å². The van der Waals surface area contributed by atoms with Crippen molar-refractivity contribution in [2.75, 3.05) is 20.1 Å². The van der Waals surface area contributed by atoms with Gasteiger partial charge in [-0.15, -0.1) is 0 Å². The third-order valence-corrected chi connectivity index (χ3v) is 4.91. The highest BCUT2D eigenvalue weighted by Crippen LogP contribution is 2.33. The van der Waals surface area contributed by atoms with Gasteiger partial charge in [-0.2, -0.15) is 5.10 Å². The van der Waals surface area contributed by atoms with Crippen LogP contribution < -0.4 is 5.32 Å². The molecule has 0 saturated heterocycles. The standard InChI is InChI=1S/C21H27N5O2/c1-5-22-21(28)25(4)14-20(27)26-19(16-10-8-15(2)9-11-16)13-17(23-26)18-7-6-12-24(18)3/h6-12,19H,5,13-14H2,1-4H3,(H,22,28)/t19-/m0/s1. The van der Waals surface area contributed by atoms with Crippen molar-refractivity contribution in [1.29, 1.82) is 0 Å². The Bertz CT molecular complexity index is 884. The van der Waals surface area contributed by atoms with Crippen molar-refractivity contribution in [3.05, 3.63) is 59.4 Å². The van der Waals surface area contributed by atoms with E-state index in [1.807, 2.05) is 68.1 Å². The number of hydrogen-bond donors (Lipinski definition) is 1. The van der Waals surface area contributed by atoms with E-state index < -0.39 is 0 Å². The molecule has 1 aromatic carbocycles. The van der Waals surface area contributed by atoms with Gasteiger partial charge in [0.25, 0.3) is 5.91 Å². The van der Waals surface area contributed by atoms with E-state index in [1.54, 1.807) is 7.05 Å².